The molecule has 0 bridgehead atoms. The minimum absolute atomic E-state index is 0.565. The highest BCUT2D eigenvalue weighted by Crippen LogP contribution is 2.55. The maximum absolute atomic E-state index is 6.65. The summed E-state index contributed by atoms with van der Waals surface area (Å²) in [4.78, 5) is 22.9. The van der Waals surface area contributed by atoms with Gasteiger partial charge in [-0.1, -0.05) is 256 Å². The van der Waals surface area contributed by atoms with Crippen LogP contribution in [0.4, 0.5) is 0 Å². The first-order chi connectivity index (χ1) is 48.5. The van der Waals surface area contributed by atoms with Crippen molar-refractivity contribution in [1.29, 1.82) is 0 Å². The molecule has 454 valence electrons. The zero-order chi connectivity index (χ0) is 64.1. The number of fused-ring (bicyclic) bond motifs is 28. The van der Waals surface area contributed by atoms with E-state index in [4.69, 9.17) is 24.4 Å². The quantitative estimate of drug-likeness (QED) is 0.155. The summed E-state index contributed by atoms with van der Waals surface area (Å²) >= 11 is 0. The average molecular weight is 1250 g/mol. The first-order valence-electron chi connectivity index (χ1n) is 33.7. The third-order valence-corrected chi connectivity index (χ3v) is 21.6. The third kappa shape index (κ3) is 7.36. The smallest absolute Gasteiger partial charge is 0.236 e. The van der Waals surface area contributed by atoms with Gasteiger partial charge in [-0.3, -0.25) is 9.13 Å². The Bertz CT molecular complexity index is 7070. The van der Waals surface area contributed by atoms with Gasteiger partial charge in [-0.15, -0.1) is 0 Å². The van der Waals surface area contributed by atoms with Gasteiger partial charge >= 0.3 is 0 Å². The van der Waals surface area contributed by atoms with E-state index >= 15 is 0 Å². The SMILES string of the molecule is CC1(Cc2ccc3c(c2)c2ccccc2c2ccc4c(c5cc6ccccc6cc5n4-c4nc(-c5ccccc5)c5oc6ccccc6c5n4)c23)c2ccccc2-c2nc(-n3c4cc5ccccc5cc4c4c5c6ccccc6c6ccccc6c5ccc43)nc(-c3ccccc3)c21. The molecule has 22 rings (SSSR count). The molecular weight excluding hydrogens is 1190 g/mol. The van der Waals surface area contributed by atoms with E-state index in [1.807, 2.05) is 18.2 Å². The molecule has 21 aromatic rings. The number of para-hydroxylation sites is 1. The van der Waals surface area contributed by atoms with E-state index in [1.54, 1.807) is 0 Å². The second kappa shape index (κ2) is 19.9. The number of aromatic nitrogens is 6. The van der Waals surface area contributed by atoms with E-state index in [2.05, 4.69) is 295 Å². The number of nitrogens with zero attached hydrogens (tertiary/aromatic N) is 6. The van der Waals surface area contributed by atoms with Crippen LogP contribution < -0.4 is 0 Å². The summed E-state index contributed by atoms with van der Waals surface area (Å²) in [6.07, 6.45) is 0.692. The molecule has 0 spiro atoms. The van der Waals surface area contributed by atoms with Crippen LogP contribution in [0.25, 0.3) is 198 Å². The first kappa shape index (κ1) is 53.5. The van der Waals surface area contributed by atoms with Crippen LogP contribution in [0, 0.1) is 0 Å². The summed E-state index contributed by atoms with van der Waals surface area (Å²) in [6, 6.07) is 109. The second-order valence-corrected chi connectivity index (χ2v) is 26.9. The fourth-order valence-electron chi connectivity index (χ4n) is 17.5. The lowest BCUT2D eigenvalue weighted by Crippen LogP contribution is -2.25. The Hall–Kier alpha value is -12.8. The highest BCUT2D eigenvalue weighted by Gasteiger charge is 2.44. The van der Waals surface area contributed by atoms with Crippen LogP contribution in [0.2, 0.25) is 0 Å². The molecule has 7 nitrogen and oxygen atoms in total. The van der Waals surface area contributed by atoms with Gasteiger partial charge in [0.25, 0.3) is 0 Å². The zero-order valence-electron chi connectivity index (χ0n) is 53.1. The van der Waals surface area contributed by atoms with Crippen molar-refractivity contribution >= 4 is 152 Å². The number of furan rings is 1. The Balaban J connectivity index is 0.776. The molecule has 0 saturated heterocycles. The number of rotatable bonds is 6. The number of benzene rings is 16. The Morgan fingerprint density at radius 3 is 1.35 bits per heavy atom. The van der Waals surface area contributed by atoms with Gasteiger partial charge in [-0.2, -0.15) is 0 Å². The van der Waals surface area contributed by atoms with Gasteiger partial charge in [0, 0.05) is 65.4 Å². The molecule has 0 aliphatic heterocycles. The molecule has 98 heavy (non-hydrogen) atoms. The van der Waals surface area contributed by atoms with E-state index in [9.17, 15) is 0 Å². The summed E-state index contributed by atoms with van der Waals surface area (Å²) in [7, 11) is 0. The van der Waals surface area contributed by atoms with E-state index in [0.717, 1.165) is 99.4 Å². The van der Waals surface area contributed by atoms with Crippen molar-refractivity contribution in [2.45, 2.75) is 18.8 Å². The predicted molar refractivity (Wildman–Crippen MR) is 407 cm³/mol. The van der Waals surface area contributed by atoms with Crippen molar-refractivity contribution in [2.24, 2.45) is 0 Å². The molecule has 0 radical (unpaired) electrons. The van der Waals surface area contributed by atoms with Crippen molar-refractivity contribution < 1.29 is 4.42 Å². The Labute approximate surface area is 560 Å². The minimum atomic E-state index is -0.565. The minimum Gasteiger partial charge on any atom is -0.452 e. The molecule has 7 heteroatoms. The molecule has 0 amide bonds. The van der Waals surface area contributed by atoms with E-state index in [1.165, 1.54) is 97.3 Å². The van der Waals surface area contributed by atoms with Crippen LogP contribution in [0.3, 0.4) is 0 Å². The van der Waals surface area contributed by atoms with Crippen LogP contribution in [-0.2, 0) is 11.8 Å². The van der Waals surface area contributed by atoms with Crippen LogP contribution >= 0.6 is 0 Å². The monoisotopic (exact) mass is 1250 g/mol. The molecule has 5 aromatic heterocycles. The fraction of sp³-hybridized carbons (Fsp3) is 0.0330. The van der Waals surface area contributed by atoms with Crippen molar-refractivity contribution in [3.63, 3.8) is 0 Å². The summed E-state index contributed by atoms with van der Waals surface area (Å²) in [6.45, 7) is 2.43. The first-order valence-corrected chi connectivity index (χ1v) is 33.7. The van der Waals surface area contributed by atoms with Gasteiger partial charge in [-0.05, 0) is 141 Å². The van der Waals surface area contributed by atoms with Crippen LogP contribution in [-0.4, -0.2) is 29.1 Å². The predicted octanol–water partition coefficient (Wildman–Crippen LogP) is 23.4. The third-order valence-electron chi connectivity index (χ3n) is 21.6. The molecule has 1 unspecified atom stereocenters. The second-order valence-electron chi connectivity index (χ2n) is 26.9. The van der Waals surface area contributed by atoms with Gasteiger partial charge in [0.2, 0.25) is 11.9 Å². The van der Waals surface area contributed by atoms with Crippen LogP contribution in [0.1, 0.15) is 23.6 Å². The molecule has 1 aliphatic rings. The number of hydrogen-bond donors (Lipinski definition) is 0. The Morgan fingerprint density at radius 1 is 0.316 bits per heavy atom. The van der Waals surface area contributed by atoms with Crippen molar-refractivity contribution in [3.05, 3.63) is 314 Å². The summed E-state index contributed by atoms with van der Waals surface area (Å²) in [5, 5.41) is 24.9. The van der Waals surface area contributed by atoms with Gasteiger partial charge in [-0.25, -0.2) is 19.9 Å². The van der Waals surface area contributed by atoms with Crippen LogP contribution in [0.15, 0.2) is 302 Å². The number of hydrogen-bond acceptors (Lipinski definition) is 5. The lowest BCUT2D eigenvalue weighted by atomic mass is 9.74. The normalized spacial score (nSPS) is 14.1. The van der Waals surface area contributed by atoms with Gasteiger partial charge in [0.1, 0.15) is 16.8 Å². The summed E-state index contributed by atoms with van der Waals surface area (Å²) < 4.78 is 11.3. The van der Waals surface area contributed by atoms with Gasteiger partial charge in [0.15, 0.2) is 5.58 Å². The van der Waals surface area contributed by atoms with Crippen molar-refractivity contribution in [3.8, 4) is 45.7 Å². The van der Waals surface area contributed by atoms with Gasteiger partial charge in [0.05, 0.1) is 33.5 Å². The fourth-order valence-corrected chi connectivity index (χ4v) is 17.5. The Kier molecular flexibility index (Phi) is 10.8. The van der Waals surface area contributed by atoms with Crippen molar-refractivity contribution in [2.75, 3.05) is 0 Å². The van der Waals surface area contributed by atoms with Gasteiger partial charge < -0.3 is 4.42 Å². The topological polar surface area (TPSA) is 74.6 Å². The lowest BCUT2D eigenvalue weighted by molar-refractivity contribution is 0.581. The van der Waals surface area contributed by atoms with Crippen molar-refractivity contribution in [1.82, 2.24) is 29.1 Å². The molecule has 0 saturated carbocycles. The average Bonchev–Trinajstić information content (AvgIpc) is 1.41. The molecule has 1 aliphatic carbocycles. The Morgan fingerprint density at radius 2 is 0.745 bits per heavy atom. The molecule has 1 atom stereocenters. The molecule has 16 aromatic carbocycles. The maximum Gasteiger partial charge on any atom is 0.236 e. The lowest BCUT2D eigenvalue weighted by Gasteiger charge is -2.29. The molecule has 5 heterocycles. The van der Waals surface area contributed by atoms with E-state index in [-0.39, 0.29) is 0 Å². The van der Waals surface area contributed by atoms with E-state index < -0.39 is 5.41 Å². The van der Waals surface area contributed by atoms with E-state index in [0.29, 0.717) is 23.9 Å². The zero-order valence-corrected chi connectivity index (χ0v) is 53.1. The highest BCUT2D eigenvalue weighted by atomic mass is 16.3. The van der Waals surface area contributed by atoms with Crippen LogP contribution in [0.5, 0.6) is 0 Å². The standard InChI is InChI=1S/C91H54N6O/c1-91(73-38-20-18-36-68(73)86-83(91)84(53-22-4-2-5-23-53)92-89(94-86)96-74-44-42-65-61-32-13-12-30-59(61)60-31-16-17-35-64(60)79(65)81(74)71-47-55-26-8-10-28-57(55)49-76(71)96)51-52-40-41-67-70(46-52)63-34-15-14-33-62(63)66-43-45-75-82(80(66)67)72-48-56-27-9-11-29-58(56)50-77(72)97(75)90-93-85(54-24-6-3-7-25-54)88-87(95-90)69-37-19-21-39-78(69)98-88/h2-50H,51H2,1H3. The summed E-state index contributed by atoms with van der Waals surface area (Å²) in [5.41, 5.74) is 15.2. The highest BCUT2D eigenvalue weighted by molar-refractivity contribution is 6.37. The summed E-state index contributed by atoms with van der Waals surface area (Å²) in [5.74, 6) is 1.23. The molecule has 0 N–H and O–H groups in total. The molecule has 0 fully saturated rings. The maximum atomic E-state index is 6.65. The largest absolute Gasteiger partial charge is 0.452 e. The molecular formula is C91H54N6O.